The number of hydrogen-bond acceptors (Lipinski definition) is 4. The molecule has 5 rings (SSSR count). The standard InChI is InChI=1S/C28H38N2O2/c31-25-10-13-27-23(21-25)14-17-30(24-6-2-3-7-24)28(27)20-22-8-11-26(12-9-22)32-19-18-29-15-4-1-5-16-29/h8-13,21,24,28,31H,1-7,14-20H2. The van der Waals surface area contributed by atoms with E-state index in [-0.39, 0.29) is 0 Å². The van der Waals surface area contributed by atoms with Crippen LogP contribution in [0.15, 0.2) is 42.5 Å². The zero-order chi connectivity index (χ0) is 21.8. The van der Waals surface area contributed by atoms with Gasteiger partial charge in [-0.1, -0.05) is 37.5 Å². The molecule has 1 saturated heterocycles. The zero-order valence-corrected chi connectivity index (χ0v) is 19.3. The summed E-state index contributed by atoms with van der Waals surface area (Å²) in [5.41, 5.74) is 4.09. The molecular formula is C28H38N2O2. The third-order valence-corrected chi connectivity index (χ3v) is 7.80. The fourth-order valence-corrected chi connectivity index (χ4v) is 6.04. The third kappa shape index (κ3) is 5.13. The molecule has 0 radical (unpaired) electrons. The summed E-state index contributed by atoms with van der Waals surface area (Å²) in [7, 11) is 0. The molecule has 4 nitrogen and oxygen atoms in total. The molecule has 0 aromatic heterocycles. The number of rotatable bonds is 7. The van der Waals surface area contributed by atoms with Gasteiger partial charge in [-0.3, -0.25) is 9.80 Å². The first-order chi connectivity index (χ1) is 15.8. The summed E-state index contributed by atoms with van der Waals surface area (Å²) in [5, 5.41) is 10.00. The van der Waals surface area contributed by atoms with Gasteiger partial charge in [0.1, 0.15) is 18.1 Å². The van der Waals surface area contributed by atoms with Crippen molar-refractivity contribution in [2.75, 3.05) is 32.8 Å². The lowest BCUT2D eigenvalue weighted by Gasteiger charge is -2.41. The highest BCUT2D eigenvalue weighted by Crippen LogP contribution is 2.39. The lowest BCUT2D eigenvalue weighted by Crippen LogP contribution is -2.42. The first kappa shape index (κ1) is 21.8. The van der Waals surface area contributed by atoms with E-state index in [0.29, 0.717) is 17.8 Å². The van der Waals surface area contributed by atoms with Crippen molar-refractivity contribution < 1.29 is 9.84 Å². The van der Waals surface area contributed by atoms with Gasteiger partial charge in [0.05, 0.1) is 0 Å². The molecule has 2 aromatic carbocycles. The van der Waals surface area contributed by atoms with E-state index in [0.717, 1.165) is 38.3 Å². The zero-order valence-electron chi connectivity index (χ0n) is 19.3. The highest BCUT2D eigenvalue weighted by molar-refractivity contribution is 5.40. The normalized spacial score (nSPS) is 22.7. The first-order valence-electron chi connectivity index (χ1n) is 12.8. The average Bonchev–Trinajstić information content (AvgIpc) is 3.36. The largest absolute Gasteiger partial charge is 0.508 e. The van der Waals surface area contributed by atoms with Crippen LogP contribution in [-0.2, 0) is 12.8 Å². The van der Waals surface area contributed by atoms with Crippen LogP contribution in [0.25, 0.3) is 0 Å². The van der Waals surface area contributed by atoms with Crippen LogP contribution in [0.4, 0.5) is 0 Å². The third-order valence-electron chi connectivity index (χ3n) is 7.80. The molecule has 1 N–H and O–H groups in total. The summed E-state index contributed by atoms with van der Waals surface area (Å²) in [6.45, 7) is 5.35. The molecule has 2 aliphatic heterocycles. The molecule has 4 heteroatoms. The minimum absolute atomic E-state index is 0.392. The summed E-state index contributed by atoms with van der Waals surface area (Å²) in [4.78, 5) is 5.28. The minimum atomic E-state index is 0.392. The number of aromatic hydroxyl groups is 1. The first-order valence-corrected chi connectivity index (χ1v) is 12.8. The second-order valence-electron chi connectivity index (χ2n) is 9.92. The maximum absolute atomic E-state index is 10.00. The quantitative estimate of drug-likeness (QED) is 0.638. The Morgan fingerprint density at radius 1 is 0.875 bits per heavy atom. The number of likely N-dealkylation sites (tertiary alicyclic amines) is 1. The Bertz CT molecular complexity index is 870. The van der Waals surface area contributed by atoms with Crippen LogP contribution >= 0.6 is 0 Å². The molecule has 1 atom stereocenters. The van der Waals surface area contributed by atoms with E-state index >= 15 is 0 Å². The molecule has 3 aliphatic rings. The number of hydrogen-bond donors (Lipinski definition) is 1. The van der Waals surface area contributed by atoms with E-state index in [1.54, 1.807) is 0 Å². The lowest BCUT2D eigenvalue weighted by atomic mass is 9.87. The highest BCUT2D eigenvalue weighted by Gasteiger charge is 2.33. The fourth-order valence-electron chi connectivity index (χ4n) is 6.04. The van der Waals surface area contributed by atoms with Gasteiger partial charge >= 0.3 is 0 Å². The van der Waals surface area contributed by atoms with Crippen molar-refractivity contribution in [2.24, 2.45) is 0 Å². The number of nitrogens with zero attached hydrogens (tertiary/aromatic N) is 2. The number of phenols is 1. The van der Waals surface area contributed by atoms with E-state index in [2.05, 4.69) is 40.1 Å². The molecule has 0 amide bonds. The molecule has 2 aromatic rings. The SMILES string of the molecule is Oc1ccc2c(c1)CCN(C1CCCC1)C2Cc1ccc(OCCN2CCCCC2)cc1. The Labute approximate surface area is 193 Å². The van der Waals surface area contributed by atoms with E-state index in [1.807, 2.05) is 12.1 Å². The molecule has 32 heavy (non-hydrogen) atoms. The van der Waals surface area contributed by atoms with Crippen LogP contribution in [0.3, 0.4) is 0 Å². The summed E-state index contributed by atoms with van der Waals surface area (Å²) in [6.07, 6.45) is 11.5. The number of piperidine rings is 1. The number of ether oxygens (including phenoxy) is 1. The molecular weight excluding hydrogens is 396 g/mol. The molecule has 1 saturated carbocycles. The monoisotopic (exact) mass is 434 g/mol. The maximum Gasteiger partial charge on any atom is 0.119 e. The van der Waals surface area contributed by atoms with Gasteiger partial charge in [0.15, 0.2) is 0 Å². The summed E-state index contributed by atoms with van der Waals surface area (Å²) >= 11 is 0. The topological polar surface area (TPSA) is 35.9 Å². The maximum atomic E-state index is 10.00. The number of benzene rings is 2. The predicted molar refractivity (Wildman–Crippen MR) is 129 cm³/mol. The smallest absolute Gasteiger partial charge is 0.119 e. The lowest BCUT2D eigenvalue weighted by molar-refractivity contribution is 0.124. The van der Waals surface area contributed by atoms with Crippen LogP contribution in [-0.4, -0.2) is 53.7 Å². The Kier molecular flexibility index (Phi) is 6.99. The van der Waals surface area contributed by atoms with E-state index < -0.39 is 0 Å². The Hall–Kier alpha value is -2.04. The van der Waals surface area contributed by atoms with Crippen LogP contribution in [0.1, 0.15) is 67.7 Å². The van der Waals surface area contributed by atoms with Crippen molar-refractivity contribution in [2.45, 2.75) is 69.9 Å². The molecule has 1 aliphatic carbocycles. The Balaban J connectivity index is 1.24. The molecule has 2 heterocycles. The molecule has 0 bridgehead atoms. The van der Waals surface area contributed by atoms with Crippen LogP contribution < -0.4 is 4.74 Å². The highest BCUT2D eigenvalue weighted by atomic mass is 16.5. The fraction of sp³-hybridized carbons (Fsp3) is 0.571. The van der Waals surface area contributed by atoms with E-state index in [9.17, 15) is 5.11 Å². The minimum Gasteiger partial charge on any atom is -0.508 e. The second-order valence-corrected chi connectivity index (χ2v) is 9.92. The van der Waals surface area contributed by atoms with Crippen molar-refractivity contribution in [1.29, 1.82) is 0 Å². The van der Waals surface area contributed by atoms with Gasteiger partial charge < -0.3 is 9.84 Å². The van der Waals surface area contributed by atoms with Crippen molar-refractivity contribution in [3.63, 3.8) is 0 Å². The summed E-state index contributed by atoms with van der Waals surface area (Å²) < 4.78 is 6.05. The van der Waals surface area contributed by atoms with Gasteiger partial charge in [-0.05, 0) is 92.6 Å². The molecule has 2 fully saturated rings. The van der Waals surface area contributed by atoms with Crippen LogP contribution in [0, 0.1) is 0 Å². The van der Waals surface area contributed by atoms with Crippen molar-refractivity contribution in [1.82, 2.24) is 9.80 Å². The molecule has 172 valence electrons. The van der Waals surface area contributed by atoms with Crippen LogP contribution in [0.5, 0.6) is 11.5 Å². The van der Waals surface area contributed by atoms with Gasteiger partial charge in [0.2, 0.25) is 0 Å². The second kappa shape index (κ2) is 10.3. The van der Waals surface area contributed by atoms with Gasteiger partial charge in [0, 0.05) is 25.2 Å². The van der Waals surface area contributed by atoms with Crippen molar-refractivity contribution in [3.05, 3.63) is 59.2 Å². The van der Waals surface area contributed by atoms with Gasteiger partial charge in [-0.25, -0.2) is 0 Å². The number of fused-ring (bicyclic) bond motifs is 1. The summed E-state index contributed by atoms with van der Waals surface area (Å²) in [6, 6.07) is 15.9. The number of phenolic OH excluding ortho intramolecular Hbond substituents is 1. The predicted octanol–water partition coefficient (Wildman–Crippen LogP) is 5.34. The van der Waals surface area contributed by atoms with Crippen LogP contribution in [0.2, 0.25) is 0 Å². The molecule has 1 unspecified atom stereocenters. The average molecular weight is 435 g/mol. The van der Waals surface area contributed by atoms with E-state index in [1.165, 1.54) is 74.7 Å². The summed E-state index contributed by atoms with van der Waals surface area (Å²) in [5.74, 6) is 1.37. The van der Waals surface area contributed by atoms with Gasteiger partial charge in [0.25, 0.3) is 0 Å². The van der Waals surface area contributed by atoms with Gasteiger partial charge in [-0.2, -0.15) is 0 Å². The van der Waals surface area contributed by atoms with Crippen molar-refractivity contribution >= 4 is 0 Å². The van der Waals surface area contributed by atoms with Gasteiger partial charge in [-0.15, -0.1) is 0 Å². The molecule has 0 spiro atoms. The van der Waals surface area contributed by atoms with E-state index in [4.69, 9.17) is 4.74 Å². The van der Waals surface area contributed by atoms with Crippen molar-refractivity contribution in [3.8, 4) is 11.5 Å². The Morgan fingerprint density at radius 2 is 1.66 bits per heavy atom. The Morgan fingerprint density at radius 3 is 2.44 bits per heavy atom.